The molecule has 37 heavy (non-hydrogen) atoms. The average molecular weight is 592 g/mol. The van der Waals surface area contributed by atoms with E-state index in [4.69, 9.17) is 34.8 Å². The number of rotatable bonds is 7. The summed E-state index contributed by atoms with van der Waals surface area (Å²) in [5.41, 5.74) is 1.49. The van der Waals surface area contributed by atoms with Crippen LogP contribution in [0.4, 0.5) is 0 Å². The largest absolute Gasteiger partial charge is 0.302 e. The molecular weight excluding hydrogens is 551 g/mol. The number of hydrogen-bond acceptors (Lipinski definition) is 4. The Morgan fingerprint density at radius 2 is 1.65 bits per heavy atom. The average Bonchev–Trinajstić information content (AvgIpc) is 3.12. The smallest absolute Gasteiger partial charge is 0.211 e. The van der Waals surface area contributed by atoms with Crippen molar-refractivity contribution in [3.8, 4) is 0 Å². The lowest BCUT2D eigenvalue weighted by Gasteiger charge is -2.31. The van der Waals surface area contributed by atoms with Crippen LogP contribution in [0, 0.1) is 0 Å². The van der Waals surface area contributed by atoms with Gasteiger partial charge < -0.3 is 4.90 Å². The Kier molecular flexibility index (Phi) is 14.7. The fourth-order valence-corrected chi connectivity index (χ4v) is 5.39. The third-order valence-electron chi connectivity index (χ3n) is 6.58. The van der Waals surface area contributed by atoms with Gasteiger partial charge in [0.1, 0.15) is 5.78 Å². The van der Waals surface area contributed by atoms with E-state index in [0.717, 1.165) is 30.0 Å². The number of hydrogen-bond donors (Lipinski definition) is 0. The van der Waals surface area contributed by atoms with Crippen molar-refractivity contribution in [2.24, 2.45) is 0 Å². The highest BCUT2D eigenvalue weighted by Gasteiger charge is 2.33. The van der Waals surface area contributed by atoms with Gasteiger partial charge in [-0.2, -0.15) is 0 Å². The van der Waals surface area contributed by atoms with Gasteiger partial charge in [-0.3, -0.25) is 4.79 Å². The summed E-state index contributed by atoms with van der Waals surface area (Å²) in [6.07, 6.45) is 3.73. The Bertz CT molecular complexity index is 1110. The topological polar surface area (TPSA) is 57.7 Å². The molecule has 5 nitrogen and oxygen atoms in total. The van der Waals surface area contributed by atoms with Crippen molar-refractivity contribution in [3.63, 3.8) is 0 Å². The van der Waals surface area contributed by atoms with Crippen LogP contribution in [-0.4, -0.2) is 62.4 Å². The van der Waals surface area contributed by atoms with Crippen molar-refractivity contribution >= 4 is 50.6 Å². The molecule has 208 valence electrons. The maximum Gasteiger partial charge on any atom is 0.211 e. The monoisotopic (exact) mass is 590 g/mol. The standard InChI is InChI=1S/C18H26Cl2N2O3S.C8H9Cl.C2H6/c1-14(23)18(2,15-5-6-16(19)17(20)13-15)7-10-21-8-4-9-22(12-11-21)26(3,24)25;1-2-7-4-3-5-8(9)6-7;1-2/h5-6,13H,4,7-12H2,1-3H3;3-6H,2H2,1H3;1-2H3. The minimum Gasteiger partial charge on any atom is -0.302 e. The summed E-state index contributed by atoms with van der Waals surface area (Å²) in [4.78, 5) is 14.6. The predicted octanol–water partition coefficient (Wildman–Crippen LogP) is 7.13. The minimum atomic E-state index is -3.16. The number of ketones is 1. The van der Waals surface area contributed by atoms with Crippen LogP contribution in [0.3, 0.4) is 0 Å². The molecule has 1 fully saturated rings. The van der Waals surface area contributed by atoms with Crippen LogP contribution in [0.15, 0.2) is 42.5 Å². The molecule has 1 aliphatic rings. The summed E-state index contributed by atoms with van der Waals surface area (Å²) in [6.45, 7) is 12.9. The third kappa shape index (κ3) is 10.9. The van der Waals surface area contributed by atoms with Crippen LogP contribution in [0.1, 0.15) is 58.6 Å². The van der Waals surface area contributed by atoms with Crippen molar-refractivity contribution in [1.82, 2.24) is 9.21 Å². The van der Waals surface area contributed by atoms with Crippen LogP contribution >= 0.6 is 34.8 Å². The maximum absolute atomic E-state index is 12.4. The molecule has 1 heterocycles. The summed E-state index contributed by atoms with van der Waals surface area (Å²) in [7, 11) is -3.16. The normalized spacial score (nSPS) is 16.4. The Morgan fingerprint density at radius 1 is 0.973 bits per heavy atom. The molecule has 3 rings (SSSR count). The molecule has 0 amide bonds. The van der Waals surface area contributed by atoms with Crippen molar-refractivity contribution in [2.75, 3.05) is 39.0 Å². The summed E-state index contributed by atoms with van der Waals surface area (Å²) >= 11 is 17.9. The zero-order valence-electron chi connectivity index (χ0n) is 22.9. The molecular formula is C28H41Cl3N2O3S. The lowest BCUT2D eigenvalue weighted by molar-refractivity contribution is -0.122. The molecule has 1 saturated heterocycles. The second-order valence-corrected chi connectivity index (χ2v) is 12.3. The molecule has 0 spiro atoms. The number of benzene rings is 2. The predicted molar refractivity (Wildman–Crippen MR) is 159 cm³/mol. The highest BCUT2D eigenvalue weighted by atomic mass is 35.5. The van der Waals surface area contributed by atoms with Crippen molar-refractivity contribution in [2.45, 2.75) is 59.3 Å². The third-order valence-corrected chi connectivity index (χ3v) is 8.85. The van der Waals surface area contributed by atoms with Gasteiger partial charge >= 0.3 is 0 Å². The Hall–Kier alpha value is -1.15. The van der Waals surface area contributed by atoms with Crippen LogP contribution in [0.25, 0.3) is 0 Å². The van der Waals surface area contributed by atoms with Crippen LogP contribution in [0.2, 0.25) is 15.1 Å². The van der Waals surface area contributed by atoms with E-state index >= 15 is 0 Å². The SMILES string of the molecule is CC.CC(=O)C(C)(CCN1CCCN(S(C)(=O)=O)CC1)c1ccc(Cl)c(Cl)c1.CCc1cccc(Cl)c1. The quantitative estimate of drug-likeness (QED) is 0.344. The Balaban J connectivity index is 0.000000519. The van der Waals surface area contributed by atoms with Gasteiger partial charge in [-0.25, -0.2) is 12.7 Å². The first-order chi connectivity index (χ1) is 17.4. The van der Waals surface area contributed by atoms with Gasteiger partial charge in [0, 0.05) is 24.7 Å². The molecule has 1 aliphatic heterocycles. The Labute approximate surface area is 239 Å². The molecule has 2 aromatic rings. The highest BCUT2D eigenvalue weighted by Crippen LogP contribution is 2.33. The van der Waals surface area contributed by atoms with Crippen LogP contribution < -0.4 is 0 Å². The van der Waals surface area contributed by atoms with Gasteiger partial charge in [-0.15, -0.1) is 0 Å². The van der Waals surface area contributed by atoms with Gasteiger partial charge in [-0.05, 0) is 81.6 Å². The van der Waals surface area contributed by atoms with E-state index in [9.17, 15) is 13.2 Å². The molecule has 1 unspecified atom stereocenters. The second-order valence-electron chi connectivity index (χ2n) is 9.11. The number of halogens is 3. The van der Waals surface area contributed by atoms with Gasteiger partial charge in [0.15, 0.2) is 0 Å². The molecule has 0 radical (unpaired) electrons. The highest BCUT2D eigenvalue weighted by molar-refractivity contribution is 7.88. The summed E-state index contributed by atoms with van der Waals surface area (Å²) in [5, 5.41) is 1.74. The number of aryl methyl sites for hydroxylation is 1. The summed E-state index contributed by atoms with van der Waals surface area (Å²) < 4.78 is 25.0. The number of carbonyl (C=O) groups is 1. The molecule has 0 saturated carbocycles. The van der Waals surface area contributed by atoms with E-state index in [0.29, 0.717) is 42.6 Å². The molecule has 0 N–H and O–H groups in total. The van der Waals surface area contributed by atoms with E-state index in [2.05, 4.69) is 17.9 Å². The van der Waals surface area contributed by atoms with Crippen LogP contribution in [0.5, 0.6) is 0 Å². The van der Waals surface area contributed by atoms with Gasteiger partial charge in [0.05, 0.1) is 21.7 Å². The first-order valence-electron chi connectivity index (χ1n) is 12.7. The zero-order valence-corrected chi connectivity index (χ0v) is 25.9. The van der Waals surface area contributed by atoms with Crippen LogP contribution in [-0.2, 0) is 26.7 Å². The Morgan fingerprint density at radius 3 is 2.16 bits per heavy atom. The van der Waals surface area contributed by atoms with E-state index in [1.807, 2.05) is 45.0 Å². The fraction of sp³-hybridized carbons (Fsp3) is 0.536. The summed E-state index contributed by atoms with van der Waals surface area (Å²) in [6, 6.07) is 13.3. The molecule has 2 aromatic carbocycles. The lowest BCUT2D eigenvalue weighted by Crippen LogP contribution is -2.38. The van der Waals surface area contributed by atoms with Crippen molar-refractivity contribution in [1.29, 1.82) is 0 Å². The van der Waals surface area contributed by atoms with Crippen molar-refractivity contribution in [3.05, 3.63) is 68.7 Å². The fourth-order valence-electron chi connectivity index (χ4n) is 4.00. The molecule has 0 bridgehead atoms. The van der Waals surface area contributed by atoms with E-state index in [-0.39, 0.29) is 5.78 Å². The maximum atomic E-state index is 12.4. The molecule has 0 aliphatic carbocycles. The van der Waals surface area contributed by atoms with E-state index in [1.165, 1.54) is 16.1 Å². The molecule has 9 heteroatoms. The van der Waals surface area contributed by atoms with Crippen molar-refractivity contribution < 1.29 is 13.2 Å². The zero-order chi connectivity index (χ0) is 28.2. The number of sulfonamides is 1. The van der Waals surface area contributed by atoms with Gasteiger partial charge in [-0.1, -0.05) is 73.8 Å². The summed E-state index contributed by atoms with van der Waals surface area (Å²) in [5.74, 6) is 0.0727. The van der Waals surface area contributed by atoms with Gasteiger partial charge in [0.25, 0.3) is 0 Å². The first-order valence-corrected chi connectivity index (χ1v) is 15.7. The number of Topliss-reactive ketones (excluding diaryl/α,β-unsaturated/α-hetero) is 1. The van der Waals surface area contributed by atoms with E-state index < -0.39 is 15.4 Å². The molecule has 1 atom stereocenters. The van der Waals surface area contributed by atoms with E-state index in [1.54, 1.807) is 19.1 Å². The van der Waals surface area contributed by atoms with Gasteiger partial charge in [0.2, 0.25) is 10.0 Å². The minimum absolute atomic E-state index is 0.0727. The first kappa shape index (κ1) is 33.9. The number of nitrogens with zero attached hydrogens (tertiary/aromatic N) is 2. The second kappa shape index (κ2) is 16.1. The number of carbonyl (C=O) groups excluding carboxylic acids is 1. The molecule has 0 aromatic heterocycles. The lowest BCUT2D eigenvalue weighted by atomic mass is 9.76.